The Morgan fingerprint density at radius 1 is 1.32 bits per heavy atom. The number of nitrogens with one attached hydrogen (secondary N) is 1. The Hall–Kier alpha value is -1.58. The second-order valence-electron chi connectivity index (χ2n) is 5.25. The first-order valence-corrected chi connectivity index (χ1v) is 6.90. The van der Waals surface area contributed by atoms with Gasteiger partial charge >= 0.3 is 5.97 Å². The minimum atomic E-state index is -0.908. The van der Waals surface area contributed by atoms with Gasteiger partial charge in [-0.2, -0.15) is 0 Å². The maximum Gasteiger partial charge on any atom is 0.326 e. The minimum absolute atomic E-state index is 0.269. The summed E-state index contributed by atoms with van der Waals surface area (Å²) in [6, 6.07) is 5.50. The smallest absolute Gasteiger partial charge is 0.326 e. The lowest BCUT2D eigenvalue weighted by Crippen LogP contribution is -2.32. The van der Waals surface area contributed by atoms with Crippen molar-refractivity contribution in [2.75, 3.05) is 5.32 Å². The minimum Gasteiger partial charge on any atom is -0.480 e. The third-order valence-corrected chi connectivity index (χ3v) is 3.80. The SMILES string of the molecule is O=C(O)C(CC1CCCCC1)Nc1ccccc1F. The Bertz CT molecular complexity index is 430. The Morgan fingerprint density at radius 2 is 2.00 bits per heavy atom. The Kier molecular flexibility index (Phi) is 4.77. The maximum absolute atomic E-state index is 13.5. The lowest BCUT2D eigenvalue weighted by molar-refractivity contribution is -0.138. The number of rotatable bonds is 5. The molecule has 1 fully saturated rings. The van der Waals surface area contributed by atoms with Crippen LogP contribution in [0.15, 0.2) is 24.3 Å². The lowest BCUT2D eigenvalue weighted by Gasteiger charge is -2.25. The predicted octanol–water partition coefficient (Wildman–Crippen LogP) is 3.66. The zero-order valence-electron chi connectivity index (χ0n) is 10.9. The summed E-state index contributed by atoms with van der Waals surface area (Å²) in [5, 5.41) is 12.1. The van der Waals surface area contributed by atoms with E-state index >= 15 is 0 Å². The molecular formula is C15H20FNO2. The van der Waals surface area contributed by atoms with E-state index in [1.165, 1.54) is 25.3 Å². The second-order valence-corrected chi connectivity index (χ2v) is 5.25. The van der Waals surface area contributed by atoms with Gasteiger partial charge in [0.05, 0.1) is 5.69 Å². The molecule has 1 aromatic carbocycles. The summed E-state index contributed by atoms with van der Waals surface area (Å²) in [6.07, 6.45) is 6.34. The van der Waals surface area contributed by atoms with Crippen molar-refractivity contribution < 1.29 is 14.3 Å². The molecule has 1 aromatic rings. The molecule has 0 aliphatic heterocycles. The maximum atomic E-state index is 13.5. The fourth-order valence-electron chi connectivity index (χ4n) is 2.74. The number of para-hydroxylation sites is 1. The first-order chi connectivity index (χ1) is 9.16. The van der Waals surface area contributed by atoms with Crippen LogP contribution in [0.25, 0.3) is 0 Å². The van der Waals surface area contributed by atoms with Crippen molar-refractivity contribution in [3.63, 3.8) is 0 Å². The van der Waals surface area contributed by atoms with Gasteiger partial charge in [0, 0.05) is 0 Å². The van der Waals surface area contributed by atoms with Crippen LogP contribution >= 0.6 is 0 Å². The van der Waals surface area contributed by atoms with E-state index in [1.807, 2.05) is 0 Å². The van der Waals surface area contributed by atoms with Crippen molar-refractivity contribution in [2.24, 2.45) is 5.92 Å². The largest absolute Gasteiger partial charge is 0.480 e. The molecule has 0 aromatic heterocycles. The number of aliphatic carboxylic acids is 1. The first kappa shape index (κ1) is 13.8. The number of halogens is 1. The van der Waals surface area contributed by atoms with Gasteiger partial charge in [0.25, 0.3) is 0 Å². The van der Waals surface area contributed by atoms with Crippen LogP contribution in [0.1, 0.15) is 38.5 Å². The average Bonchev–Trinajstić information content (AvgIpc) is 2.41. The molecule has 19 heavy (non-hydrogen) atoms. The number of benzene rings is 1. The van der Waals surface area contributed by atoms with Gasteiger partial charge in [-0.1, -0.05) is 44.2 Å². The molecule has 2 rings (SSSR count). The van der Waals surface area contributed by atoms with Gasteiger partial charge in [-0.05, 0) is 24.5 Å². The third-order valence-electron chi connectivity index (χ3n) is 3.80. The topological polar surface area (TPSA) is 49.3 Å². The highest BCUT2D eigenvalue weighted by molar-refractivity contribution is 5.77. The van der Waals surface area contributed by atoms with Gasteiger partial charge in [0.2, 0.25) is 0 Å². The predicted molar refractivity (Wildman–Crippen MR) is 72.6 cm³/mol. The summed E-state index contributed by atoms with van der Waals surface area (Å²) in [4.78, 5) is 11.3. The molecule has 1 unspecified atom stereocenters. The normalized spacial score (nSPS) is 17.9. The van der Waals surface area contributed by atoms with Crippen LogP contribution in [0.5, 0.6) is 0 Å². The van der Waals surface area contributed by atoms with Crippen LogP contribution < -0.4 is 5.32 Å². The van der Waals surface area contributed by atoms with E-state index in [4.69, 9.17) is 0 Å². The summed E-state index contributed by atoms with van der Waals surface area (Å²) < 4.78 is 13.5. The summed E-state index contributed by atoms with van der Waals surface area (Å²) in [7, 11) is 0. The van der Waals surface area contributed by atoms with E-state index < -0.39 is 17.8 Å². The number of carboxylic acid groups (broad SMARTS) is 1. The van der Waals surface area contributed by atoms with E-state index in [0.717, 1.165) is 12.8 Å². The van der Waals surface area contributed by atoms with Crippen molar-refractivity contribution >= 4 is 11.7 Å². The van der Waals surface area contributed by atoms with Crippen LogP contribution in [-0.2, 0) is 4.79 Å². The quantitative estimate of drug-likeness (QED) is 0.854. The lowest BCUT2D eigenvalue weighted by atomic mass is 9.85. The molecule has 4 heteroatoms. The molecule has 0 radical (unpaired) electrons. The Balaban J connectivity index is 2.00. The fraction of sp³-hybridized carbons (Fsp3) is 0.533. The molecule has 1 aliphatic rings. The second kappa shape index (κ2) is 6.55. The zero-order chi connectivity index (χ0) is 13.7. The van der Waals surface area contributed by atoms with Crippen molar-refractivity contribution in [3.8, 4) is 0 Å². The fourth-order valence-corrected chi connectivity index (χ4v) is 2.74. The van der Waals surface area contributed by atoms with E-state index in [-0.39, 0.29) is 5.69 Å². The highest BCUT2D eigenvalue weighted by atomic mass is 19.1. The van der Waals surface area contributed by atoms with E-state index in [1.54, 1.807) is 18.2 Å². The Labute approximate surface area is 112 Å². The monoisotopic (exact) mass is 265 g/mol. The molecule has 1 saturated carbocycles. The van der Waals surface area contributed by atoms with Gasteiger partial charge in [0.15, 0.2) is 0 Å². The molecule has 3 nitrogen and oxygen atoms in total. The van der Waals surface area contributed by atoms with Crippen molar-refractivity contribution in [1.29, 1.82) is 0 Å². The summed E-state index contributed by atoms with van der Waals surface area (Å²) in [6.45, 7) is 0. The molecule has 0 spiro atoms. The molecule has 2 N–H and O–H groups in total. The highest BCUT2D eigenvalue weighted by Crippen LogP contribution is 2.28. The molecule has 104 valence electrons. The number of carboxylic acids is 1. The van der Waals surface area contributed by atoms with Gasteiger partial charge in [0.1, 0.15) is 11.9 Å². The highest BCUT2D eigenvalue weighted by Gasteiger charge is 2.24. The molecule has 1 aliphatic carbocycles. The number of hydrogen-bond acceptors (Lipinski definition) is 2. The van der Waals surface area contributed by atoms with E-state index in [9.17, 15) is 14.3 Å². The first-order valence-electron chi connectivity index (χ1n) is 6.90. The number of hydrogen-bond donors (Lipinski definition) is 2. The molecule has 0 bridgehead atoms. The van der Waals surface area contributed by atoms with Crippen molar-refractivity contribution in [1.82, 2.24) is 0 Å². The summed E-state index contributed by atoms with van der Waals surface area (Å²) in [5.41, 5.74) is 0.269. The molecule has 0 amide bonds. The van der Waals surface area contributed by atoms with E-state index in [2.05, 4.69) is 5.32 Å². The van der Waals surface area contributed by atoms with Crippen LogP contribution in [0.2, 0.25) is 0 Å². The van der Waals surface area contributed by atoms with Crippen molar-refractivity contribution in [3.05, 3.63) is 30.1 Å². The van der Waals surface area contributed by atoms with Crippen LogP contribution in [0.4, 0.5) is 10.1 Å². The average molecular weight is 265 g/mol. The van der Waals surface area contributed by atoms with E-state index in [0.29, 0.717) is 12.3 Å². The van der Waals surface area contributed by atoms with Crippen LogP contribution in [-0.4, -0.2) is 17.1 Å². The van der Waals surface area contributed by atoms with Crippen LogP contribution in [0, 0.1) is 11.7 Å². The van der Waals surface area contributed by atoms with Gasteiger partial charge in [-0.15, -0.1) is 0 Å². The van der Waals surface area contributed by atoms with Crippen molar-refractivity contribution in [2.45, 2.75) is 44.6 Å². The number of carbonyl (C=O) groups is 1. The van der Waals surface area contributed by atoms with Crippen LogP contribution in [0.3, 0.4) is 0 Å². The Morgan fingerprint density at radius 3 is 2.63 bits per heavy atom. The standard InChI is InChI=1S/C15H20FNO2/c16-12-8-4-5-9-13(12)17-14(15(18)19)10-11-6-2-1-3-7-11/h4-5,8-9,11,14,17H,1-3,6-7,10H2,(H,18,19). The molecule has 1 atom stereocenters. The summed E-state index contributed by atoms with van der Waals surface area (Å²) >= 11 is 0. The molecular weight excluding hydrogens is 245 g/mol. The molecule has 0 heterocycles. The molecule has 0 saturated heterocycles. The third kappa shape index (κ3) is 3.94. The zero-order valence-corrected chi connectivity index (χ0v) is 10.9. The van der Waals surface area contributed by atoms with Gasteiger partial charge in [-0.25, -0.2) is 9.18 Å². The summed E-state index contributed by atoms with van der Waals surface area (Å²) in [5.74, 6) is -0.875. The van der Waals surface area contributed by atoms with Gasteiger partial charge in [-0.3, -0.25) is 0 Å². The van der Waals surface area contributed by atoms with Gasteiger partial charge < -0.3 is 10.4 Å². The number of anilines is 1.